The predicted molar refractivity (Wildman–Crippen MR) is 158 cm³/mol. The minimum atomic E-state index is -0.350. The molecule has 1 fully saturated rings. The van der Waals surface area contributed by atoms with Crippen LogP contribution < -0.4 is 14.8 Å². The van der Waals surface area contributed by atoms with E-state index in [-0.39, 0.29) is 36.1 Å². The van der Waals surface area contributed by atoms with E-state index >= 15 is 0 Å². The summed E-state index contributed by atoms with van der Waals surface area (Å²) in [5.74, 6) is 0.476. The largest absolute Gasteiger partial charge is 0.490 e. The standard InChI is InChI=1S/C30H29BrN2O5S/c1-4-37-26-15-20(16-27-29(35)33(30(36)39-27)17-21-9-5-7-11-23(21)31)13-14-25(26)38-18-28(34)32-24-12-8-6-10-22(24)19(2)3/h5-16,19H,4,17-18H2,1-3H3,(H,32,34)/b27-16-. The molecule has 0 bridgehead atoms. The highest BCUT2D eigenvalue weighted by molar-refractivity contribution is 9.10. The van der Waals surface area contributed by atoms with Crippen molar-refractivity contribution < 1.29 is 23.9 Å². The molecule has 3 aromatic rings. The molecule has 3 amide bonds. The summed E-state index contributed by atoms with van der Waals surface area (Å²) in [6.07, 6.45) is 1.66. The Morgan fingerprint density at radius 2 is 1.77 bits per heavy atom. The fraction of sp³-hybridized carbons (Fsp3) is 0.233. The van der Waals surface area contributed by atoms with Crippen molar-refractivity contribution >= 4 is 56.5 Å². The topological polar surface area (TPSA) is 84.9 Å². The predicted octanol–water partition coefficient (Wildman–Crippen LogP) is 7.23. The van der Waals surface area contributed by atoms with Crippen LogP contribution in [0.25, 0.3) is 6.08 Å². The van der Waals surface area contributed by atoms with Gasteiger partial charge in [0, 0.05) is 10.2 Å². The molecule has 39 heavy (non-hydrogen) atoms. The van der Waals surface area contributed by atoms with E-state index in [2.05, 4.69) is 35.1 Å². The number of para-hydroxylation sites is 1. The number of carbonyl (C=O) groups excluding carboxylic acids is 3. The van der Waals surface area contributed by atoms with Crippen molar-refractivity contribution in [2.45, 2.75) is 33.2 Å². The van der Waals surface area contributed by atoms with Crippen LogP contribution in [0.3, 0.4) is 0 Å². The van der Waals surface area contributed by atoms with Gasteiger partial charge in [0.1, 0.15) is 0 Å². The Balaban J connectivity index is 1.45. The molecule has 0 atom stereocenters. The quantitative estimate of drug-likeness (QED) is 0.244. The summed E-state index contributed by atoms with van der Waals surface area (Å²) in [7, 11) is 0. The molecule has 0 saturated carbocycles. The molecule has 0 spiro atoms. The number of ether oxygens (including phenoxy) is 2. The molecular formula is C30H29BrN2O5S. The number of rotatable bonds is 10. The number of imide groups is 1. The second-order valence-corrected chi connectivity index (χ2v) is 10.9. The number of carbonyl (C=O) groups is 3. The third-order valence-corrected chi connectivity index (χ3v) is 7.62. The maximum absolute atomic E-state index is 13.0. The van der Waals surface area contributed by atoms with Gasteiger partial charge in [0.15, 0.2) is 18.1 Å². The fourth-order valence-corrected chi connectivity index (χ4v) is 5.28. The molecule has 0 radical (unpaired) electrons. The van der Waals surface area contributed by atoms with Crippen LogP contribution in [-0.2, 0) is 16.1 Å². The van der Waals surface area contributed by atoms with E-state index in [1.165, 1.54) is 4.90 Å². The van der Waals surface area contributed by atoms with Gasteiger partial charge in [-0.25, -0.2) is 0 Å². The summed E-state index contributed by atoms with van der Waals surface area (Å²) in [5.41, 5.74) is 3.33. The van der Waals surface area contributed by atoms with Crippen LogP contribution >= 0.6 is 27.7 Å². The lowest BCUT2D eigenvalue weighted by Gasteiger charge is -2.15. The molecule has 0 aliphatic carbocycles. The molecule has 1 aliphatic rings. The third-order valence-electron chi connectivity index (χ3n) is 5.94. The van der Waals surface area contributed by atoms with E-state index in [4.69, 9.17) is 9.47 Å². The Morgan fingerprint density at radius 1 is 1.03 bits per heavy atom. The first kappa shape index (κ1) is 28.4. The molecule has 9 heteroatoms. The van der Waals surface area contributed by atoms with Crippen molar-refractivity contribution in [1.29, 1.82) is 0 Å². The van der Waals surface area contributed by atoms with Crippen LogP contribution in [0.4, 0.5) is 10.5 Å². The zero-order chi connectivity index (χ0) is 27.9. The second kappa shape index (κ2) is 13.0. The average molecular weight is 610 g/mol. The van der Waals surface area contributed by atoms with E-state index in [0.717, 1.165) is 33.0 Å². The van der Waals surface area contributed by atoms with Crippen molar-refractivity contribution in [2.75, 3.05) is 18.5 Å². The van der Waals surface area contributed by atoms with Gasteiger partial charge in [-0.1, -0.05) is 72.2 Å². The summed E-state index contributed by atoms with van der Waals surface area (Å²) in [6, 6.07) is 20.3. The van der Waals surface area contributed by atoms with Crippen molar-refractivity contribution in [2.24, 2.45) is 0 Å². The van der Waals surface area contributed by atoms with Crippen LogP contribution in [0.1, 0.15) is 43.4 Å². The SMILES string of the molecule is CCOc1cc(/C=C2\SC(=O)N(Cc3ccccc3Br)C2=O)ccc1OCC(=O)Nc1ccccc1C(C)C. The number of hydrogen-bond acceptors (Lipinski definition) is 6. The Morgan fingerprint density at radius 3 is 2.51 bits per heavy atom. The summed E-state index contributed by atoms with van der Waals surface area (Å²) in [5, 5.41) is 2.59. The number of nitrogens with one attached hydrogen (secondary N) is 1. The number of benzene rings is 3. The molecule has 1 heterocycles. The molecule has 1 aliphatic heterocycles. The highest BCUT2D eigenvalue weighted by Crippen LogP contribution is 2.36. The number of halogens is 1. The second-order valence-electron chi connectivity index (χ2n) is 9.08. The average Bonchev–Trinajstić information content (AvgIpc) is 3.17. The van der Waals surface area contributed by atoms with Gasteiger partial charge in [0.25, 0.3) is 17.1 Å². The molecule has 0 aromatic heterocycles. The van der Waals surface area contributed by atoms with Gasteiger partial charge >= 0.3 is 0 Å². The van der Waals surface area contributed by atoms with Gasteiger partial charge in [-0.3, -0.25) is 19.3 Å². The number of hydrogen-bond donors (Lipinski definition) is 1. The lowest BCUT2D eigenvalue weighted by molar-refractivity contribution is -0.123. The first-order chi connectivity index (χ1) is 18.8. The zero-order valence-electron chi connectivity index (χ0n) is 21.9. The Labute approximate surface area is 240 Å². The number of thioether (sulfide) groups is 1. The van der Waals surface area contributed by atoms with Crippen molar-refractivity contribution in [3.05, 3.63) is 92.8 Å². The third kappa shape index (κ3) is 7.10. The lowest BCUT2D eigenvalue weighted by Crippen LogP contribution is -2.27. The van der Waals surface area contributed by atoms with Crippen molar-refractivity contribution in [1.82, 2.24) is 4.90 Å². The highest BCUT2D eigenvalue weighted by Gasteiger charge is 2.35. The summed E-state index contributed by atoms with van der Waals surface area (Å²) >= 11 is 4.37. The highest BCUT2D eigenvalue weighted by atomic mass is 79.9. The van der Waals surface area contributed by atoms with E-state index in [1.54, 1.807) is 24.3 Å². The van der Waals surface area contributed by atoms with Crippen LogP contribution in [0.15, 0.2) is 76.1 Å². The van der Waals surface area contributed by atoms with E-state index in [1.807, 2.05) is 55.5 Å². The molecule has 4 rings (SSSR count). The van der Waals surface area contributed by atoms with Gasteiger partial charge in [-0.05, 0) is 71.6 Å². The van der Waals surface area contributed by atoms with Crippen LogP contribution in [0, 0.1) is 0 Å². The van der Waals surface area contributed by atoms with Crippen molar-refractivity contribution in [3.63, 3.8) is 0 Å². The number of nitrogens with zero attached hydrogens (tertiary/aromatic N) is 1. The molecule has 202 valence electrons. The Hall–Kier alpha value is -3.56. The smallest absolute Gasteiger partial charge is 0.293 e. The Kier molecular flexibility index (Phi) is 9.48. The van der Waals surface area contributed by atoms with Gasteiger partial charge in [0.2, 0.25) is 0 Å². The van der Waals surface area contributed by atoms with Crippen LogP contribution in [-0.4, -0.2) is 35.2 Å². The summed E-state index contributed by atoms with van der Waals surface area (Å²) in [4.78, 5) is 39.8. The summed E-state index contributed by atoms with van der Waals surface area (Å²) < 4.78 is 12.4. The first-order valence-corrected chi connectivity index (χ1v) is 14.1. The maximum atomic E-state index is 13.0. The van der Waals surface area contributed by atoms with E-state index in [0.29, 0.717) is 28.6 Å². The molecule has 1 saturated heterocycles. The van der Waals surface area contributed by atoms with Crippen LogP contribution in [0.5, 0.6) is 11.5 Å². The molecule has 3 aromatic carbocycles. The molecule has 7 nitrogen and oxygen atoms in total. The molecular weight excluding hydrogens is 580 g/mol. The first-order valence-electron chi connectivity index (χ1n) is 12.5. The Bertz CT molecular complexity index is 1420. The van der Waals surface area contributed by atoms with E-state index in [9.17, 15) is 14.4 Å². The number of amides is 3. The van der Waals surface area contributed by atoms with Crippen molar-refractivity contribution in [3.8, 4) is 11.5 Å². The monoisotopic (exact) mass is 608 g/mol. The van der Waals surface area contributed by atoms with Gasteiger partial charge in [-0.15, -0.1) is 0 Å². The molecule has 0 unspecified atom stereocenters. The summed E-state index contributed by atoms with van der Waals surface area (Å²) in [6.45, 7) is 6.36. The van der Waals surface area contributed by atoms with Gasteiger partial charge < -0.3 is 14.8 Å². The van der Waals surface area contributed by atoms with Gasteiger partial charge in [-0.2, -0.15) is 0 Å². The van der Waals surface area contributed by atoms with Crippen LogP contribution in [0.2, 0.25) is 0 Å². The van der Waals surface area contributed by atoms with E-state index < -0.39 is 0 Å². The molecule has 1 N–H and O–H groups in total. The minimum Gasteiger partial charge on any atom is -0.490 e. The van der Waals surface area contributed by atoms with Gasteiger partial charge in [0.05, 0.1) is 18.1 Å². The normalized spacial score (nSPS) is 14.3. The fourth-order valence-electron chi connectivity index (χ4n) is 4.03. The minimum absolute atomic E-state index is 0.185. The lowest BCUT2D eigenvalue weighted by atomic mass is 10.0. The zero-order valence-corrected chi connectivity index (χ0v) is 24.3. The number of anilines is 1. The maximum Gasteiger partial charge on any atom is 0.293 e.